The highest BCUT2D eigenvalue weighted by Gasteiger charge is 2.40. The van der Waals surface area contributed by atoms with Crippen LogP contribution in [0.2, 0.25) is 0 Å². The van der Waals surface area contributed by atoms with Gasteiger partial charge >= 0.3 is 5.97 Å². The zero-order chi connectivity index (χ0) is 14.6. The van der Waals surface area contributed by atoms with E-state index in [2.05, 4.69) is 36.1 Å². The van der Waals surface area contributed by atoms with Crippen molar-refractivity contribution in [2.75, 3.05) is 13.1 Å². The molecule has 0 saturated carbocycles. The molecule has 3 nitrogen and oxygen atoms in total. The molecule has 0 aliphatic carbocycles. The maximum Gasteiger partial charge on any atom is 0.309 e. The van der Waals surface area contributed by atoms with Crippen LogP contribution in [0.4, 0.5) is 0 Å². The lowest BCUT2D eigenvalue weighted by Gasteiger charge is -2.42. The number of rotatable bonds is 5. The molecule has 0 aromatic heterocycles. The lowest BCUT2D eigenvalue weighted by molar-refractivity contribution is -0.152. The summed E-state index contributed by atoms with van der Waals surface area (Å²) in [5.41, 5.74) is 0.847. The number of nitrogens with zero attached hydrogens (tertiary/aromatic N) is 1. The molecule has 110 valence electrons. The smallest absolute Gasteiger partial charge is 0.309 e. The first kappa shape index (κ1) is 15.0. The van der Waals surface area contributed by atoms with Crippen LogP contribution < -0.4 is 0 Å². The third-order valence-electron chi connectivity index (χ3n) is 4.90. The molecule has 0 bridgehead atoms. The lowest BCUT2D eigenvalue weighted by Crippen LogP contribution is -2.45. The summed E-state index contributed by atoms with van der Waals surface area (Å²) in [5.74, 6) is -0.618. The standard InChI is InChI=1S/C17H25NO2/c1-3-15(14-8-6-5-7-9-14)18-12-10-17(4-2,11-13-18)16(19)20/h5-9,15H,3-4,10-13H2,1-2H3,(H,19,20). The molecular weight excluding hydrogens is 250 g/mol. The molecule has 0 amide bonds. The fraction of sp³-hybridized carbons (Fsp3) is 0.588. The normalized spacial score (nSPS) is 20.5. The van der Waals surface area contributed by atoms with Crippen molar-refractivity contribution < 1.29 is 9.90 Å². The number of carboxylic acid groups (broad SMARTS) is 1. The number of carbonyl (C=O) groups is 1. The van der Waals surface area contributed by atoms with Gasteiger partial charge in [-0.3, -0.25) is 9.69 Å². The summed E-state index contributed by atoms with van der Waals surface area (Å²) in [6.45, 7) is 5.97. The Morgan fingerprint density at radius 1 is 1.25 bits per heavy atom. The van der Waals surface area contributed by atoms with Gasteiger partial charge in [-0.25, -0.2) is 0 Å². The summed E-state index contributed by atoms with van der Waals surface area (Å²) in [7, 11) is 0. The van der Waals surface area contributed by atoms with Gasteiger partial charge in [0.2, 0.25) is 0 Å². The molecule has 1 N–H and O–H groups in total. The van der Waals surface area contributed by atoms with Crippen molar-refractivity contribution in [2.24, 2.45) is 5.41 Å². The van der Waals surface area contributed by atoms with Gasteiger partial charge in [0.05, 0.1) is 5.41 Å². The van der Waals surface area contributed by atoms with Gasteiger partial charge < -0.3 is 5.11 Å². The topological polar surface area (TPSA) is 40.5 Å². The molecule has 20 heavy (non-hydrogen) atoms. The first-order valence-corrected chi connectivity index (χ1v) is 7.65. The molecule has 0 radical (unpaired) electrons. The molecule has 1 aliphatic rings. The molecule has 1 aliphatic heterocycles. The van der Waals surface area contributed by atoms with Crippen molar-refractivity contribution in [1.29, 1.82) is 0 Å². The van der Waals surface area contributed by atoms with Gasteiger partial charge in [-0.15, -0.1) is 0 Å². The minimum Gasteiger partial charge on any atom is -0.481 e. The van der Waals surface area contributed by atoms with E-state index in [0.29, 0.717) is 6.04 Å². The Bertz CT molecular complexity index is 436. The van der Waals surface area contributed by atoms with Crippen LogP contribution in [0.3, 0.4) is 0 Å². The Labute approximate surface area is 121 Å². The van der Waals surface area contributed by atoms with E-state index in [1.54, 1.807) is 0 Å². The summed E-state index contributed by atoms with van der Waals surface area (Å²) in [5, 5.41) is 9.47. The zero-order valence-corrected chi connectivity index (χ0v) is 12.5. The van der Waals surface area contributed by atoms with E-state index in [1.807, 2.05) is 13.0 Å². The highest BCUT2D eigenvalue weighted by Crippen LogP contribution is 2.38. The second kappa shape index (κ2) is 6.40. The van der Waals surface area contributed by atoms with Crippen molar-refractivity contribution in [3.8, 4) is 0 Å². The molecule has 1 heterocycles. The maximum atomic E-state index is 11.5. The molecule has 0 spiro atoms. The van der Waals surface area contributed by atoms with E-state index < -0.39 is 11.4 Å². The number of hydrogen-bond donors (Lipinski definition) is 1. The quantitative estimate of drug-likeness (QED) is 0.890. The van der Waals surface area contributed by atoms with Gasteiger partial charge in [-0.1, -0.05) is 44.2 Å². The van der Waals surface area contributed by atoms with Crippen LogP contribution in [0.1, 0.15) is 51.1 Å². The fourth-order valence-electron chi connectivity index (χ4n) is 3.36. The van der Waals surface area contributed by atoms with Gasteiger partial charge in [-0.05, 0) is 44.3 Å². The van der Waals surface area contributed by atoms with E-state index in [-0.39, 0.29) is 0 Å². The Hall–Kier alpha value is -1.35. The molecule has 1 aromatic carbocycles. The molecule has 1 saturated heterocycles. The minimum absolute atomic E-state index is 0.417. The molecular formula is C17H25NO2. The van der Waals surface area contributed by atoms with Gasteiger partial charge in [0.15, 0.2) is 0 Å². The highest BCUT2D eigenvalue weighted by atomic mass is 16.4. The fourth-order valence-corrected chi connectivity index (χ4v) is 3.36. The largest absolute Gasteiger partial charge is 0.481 e. The average Bonchev–Trinajstić information content (AvgIpc) is 2.50. The van der Waals surface area contributed by atoms with E-state index in [0.717, 1.165) is 38.8 Å². The number of likely N-dealkylation sites (tertiary alicyclic amines) is 1. The van der Waals surface area contributed by atoms with E-state index >= 15 is 0 Å². The molecule has 1 atom stereocenters. The first-order chi connectivity index (χ1) is 9.63. The first-order valence-electron chi connectivity index (χ1n) is 7.65. The molecule has 2 rings (SSSR count). The van der Waals surface area contributed by atoms with Crippen LogP contribution in [-0.2, 0) is 4.79 Å². The van der Waals surface area contributed by atoms with Crippen LogP contribution in [0, 0.1) is 5.41 Å². The number of piperidine rings is 1. The van der Waals surface area contributed by atoms with Crippen molar-refractivity contribution >= 4 is 5.97 Å². The van der Waals surface area contributed by atoms with Crippen molar-refractivity contribution in [3.63, 3.8) is 0 Å². The Kier molecular flexibility index (Phi) is 4.81. The third-order valence-corrected chi connectivity index (χ3v) is 4.90. The second-order valence-corrected chi connectivity index (χ2v) is 5.81. The minimum atomic E-state index is -0.618. The third kappa shape index (κ3) is 2.88. The van der Waals surface area contributed by atoms with Crippen molar-refractivity contribution in [3.05, 3.63) is 35.9 Å². The molecule has 1 fully saturated rings. The van der Waals surface area contributed by atoms with Gasteiger partial charge in [0, 0.05) is 6.04 Å². The Balaban J connectivity index is 2.07. The van der Waals surface area contributed by atoms with Crippen LogP contribution in [0.15, 0.2) is 30.3 Å². The molecule has 1 aromatic rings. The second-order valence-electron chi connectivity index (χ2n) is 5.81. The van der Waals surface area contributed by atoms with E-state index in [1.165, 1.54) is 5.56 Å². The summed E-state index contributed by atoms with van der Waals surface area (Å²) >= 11 is 0. The summed E-state index contributed by atoms with van der Waals surface area (Å²) in [4.78, 5) is 14.0. The lowest BCUT2D eigenvalue weighted by atomic mass is 9.75. The molecule has 1 unspecified atom stereocenters. The number of aliphatic carboxylic acids is 1. The van der Waals surface area contributed by atoms with Crippen molar-refractivity contribution in [2.45, 2.75) is 45.6 Å². The predicted molar refractivity (Wildman–Crippen MR) is 80.6 cm³/mol. The zero-order valence-electron chi connectivity index (χ0n) is 12.5. The molecule has 3 heteroatoms. The Morgan fingerprint density at radius 2 is 1.85 bits per heavy atom. The van der Waals surface area contributed by atoms with Crippen LogP contribution in [0.25, 0.3) is 0 Å². The summed E-state index contributed by atoms with van der Waals surface area (Å²) in [6.07, 6.45) is 3.33. The van der Waals surface area contributed by atoms with Gasteiger partial charge in [0.25, 0.3) is 0 Å². The average molecular weight is 275 g/mol. The highest BCUT2D eigenvalue weighted by molar-refractivity contribution is 5.74. The number of benzene rings is 1. The summed E-state index contributed by atoms with van der Waals surface area (Å²) in [6, 6.07) is 11.0. The van der Waals surface area contributed by atoms with Crippen molar-refractivity contribution in [1.82, 2.24) is 4.90 Å². The number of carboxylic acids is 1. The van der Waals surface area contributed by atoms with E-state index in [9.17, 15) is 9.90 Å². The predicted octanol–water partition coefficient (Wildman–Crippen LogP) is 3.71. The van der Waals surface area contributed by atoms with Crippen LogP contribution in [-0.4, -0.2) is 29.1 Å². The van der Waals surface area contributed by atoms with Gasteiger partial charge in [-0.2, -0.15) is 0 Å². The maximum absolute atomic E-state index is 11.5. The van der Waals surface area contributed by atoms with Crippen LogP contribution in [0.5, 0.6) is 0 Å². The van der Waals surface area contributed by atoms with Gasteiger partial charge in [0.1, 0.15) is 0 Å². The summed E-state index contributed by atoms with van der Waals surface area (Å²) < 4.78 is 0. The van der Waals surface area contributed by atoms with E-state index in [4.69, 9.17) is 0 Å². The SMILES string of the molecule is CCC(c1ccccc1)N1CCC(CC)(C(=O)O)CC1. The Morgan fingerprint density at radius 3 is 2.30 bits per heavy atom. The van der Waals surface area contributed by atoms with Crippen LogP contribution >= 0.6 is 0 Å². The number of hydrogen-bond acceptors (Lipinski definition) is 2. The monoisotopic (exact) mass is 275 g/mol.